The molecule has 2 N–H and O–H groups in total. The molecule has 0 radical (unpaired) electrons. The van der Waals surface area contributed by atoms with Crippen molar-refractivity contribution in [2.24, 2.45) is 0 Å². The minimum absolute atomic E-state index is 0.157. The van der Waals surface area contributed by atoms with Crippen LogP contribution in [0.2, 0.25) is 0 Å². The molecule has 3 rings (SSSR count). The Morgan fingerprint density at radius 1 is 0.538 bits per heavy atom. The third-order valence-corrected chi connectivity index (χ3v) is 2.78. The summed E-state index contributed by atoms with van der Waals surface area (Å²) in [5, 5.41) is 7.35. The summed E-state index contributed by atoms with van der Waals surface area (Å²) in [5.41, 5.74) is 0. The van der Waals surface area contributed by atoms with E-state index in [1.807, 2.05) is 64.1 Å². The Kier molecular flexibility index (Phi) is 19.8. The first kappa shape index (κ1) is 25.4. The highest BCUT2D eigenvalue weighted by molar-refractivity contribution is 5.82. The number of carbonyl (C=O) groups is 1. The van der Waals surface area contributed by atoms with Gasteiger partial charge < -0.3 is 10.6 Å². The van der Waals surface area contributed by atoms with Crippen molar-refractivity contribution in [2.45, 2.75) is 27.7 Å². The number of rotatable bonds is 0. The summed E-state index contributed by atoms with van der Waals surface area (Å²) in [6.45, 7) is 8.00. The van der Waals surface area contributed by atoms with Crippen LogP contribution >= 0.6 is 0 Å². The molecule has 0 aliphatic rings. The second-order valence-corrected chi connectivity index (χ2v) is 4.33. The zero-order chi connectivity index (χ0) is 20.0. The van der Waals surface area contributed by atoms with Crippen LogP contribution in [0.1, 0.15) is 27.7 Å². The van der Waals surface area contributed by atoms with Crippen molar-refractivity contribution in [1.29, 1.82) is 0 Å². The van der Waals surface area contributed by atoms with Gasteiger partial charge in [0.05, 0.1) is 0 Å². The molecule has 2 amide bonds. The largest absolute Gasteiger partial charge is 0.341 e. The van der Waals surface area contributed by atoms with E-state index < -0.39 is 0 Å². The van der Waals surface area contributed by atoms with Gasteiger partial charge in [-0.05, 0) is 10.8 Å². The molecular formula is C23H34N2O. The number of fused-ring (bicyclic) bond motifs is 1. The molecule has 142 valence electrons. The van der Waals surface area contributed by atoms with Gasteiger partial charge in [0.15, 0.2) is 0 Å². The first-order valence-corrected chi connectivity index (χ1v) is 9.11. The normalized spacial score (nSPS) is 7.77. The van der Waals surface area contributed by atoms with Gasteiger partial charge in [0.25, 0.3) is 0 Å². The van der Waals surface area contributed by atoms with Crippen LogP contribution in [0, 0.1) is 0 Å². The monoisotopic (exact) mass is 354 g/mol. The van der Waals surface area contributed by atoms with E-state index in [9.17, 15) is 4.79 Å². The van der Waals surface area contributed by atoms with Gasteiger partial charge in [0.2, 0.25) is 0 Å². The molecule has 0 bridgehead atoms. The van der Waals surface area contributed by atoms with Crippen molar-refractivity contribution in [2.75, 3.05) is 14.1 Å². The fourth-order valence-corrected chi connectivity index (χ4v) is 1.64. The van der Waals surface area contributed by atoms with Crippen molar-refractivity contribution in [3.63, 3.8) is 0 Å². The van der Waals surface area contributed by atoms with E-state index in [2.05, 4.69) is 59.2 Å². The minimum Gasteiger partial charge on any atom is -0.341 e. The van der Waals surface area contributed by atoms with Gasteiger partial charge in [-0.2, -0.15) is 0 Å². The number of nitrogens with one attached hydrogen (secondary N) is 2. The zero-order valence-electron chi connectivity index (χ0n) is 17.0. The predicted octanol–water partition coefficient (Wildman–Crippen LogP) is 6.12. The lowest BCUT2D eigenvalue weighted by Crippen LogP contribution is -2.28. The average Bonchev–Trinajstić information content (AvgIpc) is 2.78. The Morgan fingerprint density at radius 3 is 0.923 bits per heavy atom. The Balaban J connectivity index is 0. The summed E-state index contributed by atoms with van der Waals surface area (Å²) >= 11 is 0. The smallest absolute Gasteiger partial charge is 0.314 e. The van der Waals surface area contributed by atoms with E-state index in [-0.39, 0.29) is 6.03 Å². The summed E-state index contributed by atoms with van der Waals surface area (Å²) in [4.78, 5) is 9.96. The minimum atomic E-state index is -0.157. The van der Waals surface area contributed by atoms with Crippen LogP contribution in [0.15, 0.2) is 84.9 Å². The topological polar surface area (TPSA) is 41.1 Å². The first-order valence-electron chi connectivity index (χ1n) is 9.11. The predicted molar refractivity (Wildman–Crippen MR) is 117 cm³/mol. The standard InChI is InChI=1S/C10H8.C6H6.C3H8N2O.2C2H6/c1-2-6-10-8-4-3-7-9(10)5-1;1-2-4-6-5-3-1;1-4-3(6)5-2;2*1-2/h1-8H;1-6H;1-2H3,(H2,4,5,6);2*1-2H3. The third-order valence-electron chi connectivity index (χ3n) is 2.78. The lowest BCUT2D eigenvalue weighted by molar-refractivity contribution is 0.245. The second kappa shape index (κ2) is 20.2. The van der Waals surface area contributed by atoms with Gasteiger partial charge in [-0.15, -0.1) is 0 Å². The highest BCUT2D eigenvalue weighted by atomic mass is 16.2. The Morgan fingerprint density at radius 2 is 0.769 bits per heavy atom. The molecule has 0 aliphatic carbocycles. The van der Waals surface area contributed by atoms with Gasteiger partial charge in [0, 0.05) is 14.1 Å². The Hall–Kier alpha value is -2.81. The highest BCUT2D eigenvalue weighted by Gasteiger charge is 1.85. The van der Waals surface area contributed by atoms with E-state index in [1.54, 1.807) is 14.1 Å². The van der Waals surface area contributed by atoms with Crippen LogP contribution in [0.3, 0.4) is 0 Å². The number of hydrogen-bond donors (Lipinski definition) is 2. The Labute approximate surface area is 159 Å². The SMILES string of the molecule is CC.CC.CNC(=O)NC.c1ccc2ccccc2c1.c1ccccc1. The van der Waals surface area contributed by atoms with Gasteiger partial charge in [-0.25, -0.2) is 4.79 Å². The molecule has 26 heavy (non-hydrogen) atoms. The maximum Gasteiger partial charge on any atom is 0.314 e. The summed E-state index contributed by atoms with van der Waals surface area (Å²) in [7, 11) is 3.14. The van der Waals surface area contributed by atoms with E-state index in [4.69, 9.17) is 0 Å². The van der Waals surface area contributed by atoms with Crippen LogP contribution in [-0.2, 0) is 0 Å². The summed E-state index contributed by atoms with van der Waals surface area (Å²) in [5.74, 6) is 0. The third kappa shape index (κ3) is 13.6. The molecule has 3 aromatic rings. The molecule has 0 saturated heterocycles. The van der Waals surface area contributed by atoms with Crippen LogP contribution in [0.4, 0.5) is 4.79 Å². The molecule has 3 heteroatoms. The van der Waals surface area contributed by atoms with Crippen molar-refractivity contribution < 1.29 is 4.79 Å². The summed E-state index contributed by atoms with van der Waals surface area (Å²) in [6, 6.07) is 28.6. The van der Waals surface area contributed by atoms with Gasteiger partial charge in [-0.1, -0.05) is 113 Å². The summed E-state index contributed by atoms with van der Waals surface area (Å²) < 4.78 is 0. The van der Waals surface area contributed by atoms with E-state index in [1.165, 1.54) is 10.8 Å². The van der Waals surface area contributed by atoms with E-state index in [0.717, 1.165) is 0 Å². The molecule has 0 saturated carbocycles. The van der Waals surface area contributed by atoms with E-state index >= 15 is 0 Å². The molecule has 3 nitrogen and oxygen atoms in total. The van der Waals surface area contributed by atoms with Gasteiger partial charge in [-0.3, -0.25) is 0 Å². The fraction of sp³-hybridized carbons (Fsp3) is 0.261. The van der Waals surface area contributed by atoms with Crippen molar-refractivity contribution in [3.8, 4) is 0 Å². The number of amides is 2. The van der Waals surface area contributed by atoms with Crippen molar-refractivity contribution >= 4 is 16.8 Å². The molecule has 3 aromatic carbocycles. The molecular weight excluding hydrogens is 320 g/mol. The molecule has 0 spiro atoms. The number of urea groups is 1. The van der Waals surface area contributed by atoms with Crippen LogP contribution < -0.4 is 10.6 Å². The maximum absolute atomic E-state index is 9.96. The van der Waals surface area contributed by atoms with E-state index in [0.29, 0.717) is 0 Å². The van der Waals surface area contributed by atoms with Gasteiger partial charge in [0.1, 0.15) is 0 Å². The highest BCUT2D eigenvalue weighted by Crippen LogP contribution is 2.11. The second-order valence-electron chi connectivity index (χ2n) is 4.33. The van der Waals surface area contributed by atoms with Gasteiger partial charge >= 0.3 is 6.03 Å². The van der Waals surface area contributed by atoms with Crippen molar-refractivity contribution in [3.05, 3.63) is 84.9 Å². The molecule has 0 unspecified atom stereocenters. The molecule has 0 heterocycles. The molecule has 0 fully saturated rings. The molecule has 0 aromatic heterocycles. The summed E-state index contributed by atoms with van der Waals surface area (Å²) in [6.07, 6.45) is 0. The maximum atomic E-state index is 9.96. The lowest BCUT2D eigenvalue weighted by Gasteiger charge is -1.92. The lowest BCUT2D eigenvalue weighted by atomic mass is 10.1. The first-order chi connectivity index (χ1) is 12.8. The fourth-order valence-electron chi connectivity index (χ4n) is 1.64. The zero-order valence-corrected chi connectivity index (χ0v) is 17.0. The van der Waals surface area contributed by atoms with Crippen LogP contribution in [-0.4, -0.2) is 20.1 Å². The molecule has 0 atom stereocenters. The number of carbonyl (C=O) groups excluding carboxylic acids is 1. The van der Waals surface area contributed by atoms with Crippen LogP contribution in [0.5, 0.6) is 0 Å². The van der Waals surface area contributed by atoms with Crippen molar-refractivity contribution in [1.82, 2.24) is 10.6 Å². The quantitative estimate of drug-likeness (QED) is 0.501. The molecule has 0 aliphatic heterocycles. The Bertz CT molecular complexity index is 556. The van der Waals surface area contributed by atoms with Crippen LogP contribution in [0.25, 0.3) is 10.8 Å². The average molecular weight is 355 g/mol. The number of hydrogen-bond acceptors (Lipinski definition) is 1. The number of benzene rings is 3.